The summed E-state index contributed by atoms with van der Waals surface area (Å²) in [6.07, 6.45) is 2.02. The molecule has 0 atom stereocenters. The van der Waals surface area contributed by atoms with Gasteiger partial charge in [0.05, 0.1) is 22.6 Å². The Balaban J connectivity index is 1.57. The smallest absolute Gasteiger partial charge is 0.182 e. The highest BCUT2D eigenvalue weighted by Crippen LogP contribution is 2.37. The van der Waals surface area contributed by atoms with Gasteiger partial charge in [0.1, 0.15) is 11.4 Å². The van der Waals surface area contributed by atoms with Gasteiger partial charge in [0.25, 0.3) is 0 Å². The van der Waals surface area contributed by atoms with Crippen LogP contribution in [-0.4, -0.2) is 74.1 Å². The first-order chi connectivity index (χ1) is 15.1. The first-order valence-electron chi connectivity index (χ1n) is 10.6. The van der Waals surface area contributed by atoms with Crippen molar-refractivity contribution in [3.05, 3.63) is 53.7 Å². The number of fused-ring (bicyclic) bond motifs is 1. The number of halogens is 1. The van der Waals surface area contributed by atoms with E-state index in [1.54, 1.807) is 0 Å². The summed E-state index contributed by atoms with van der Waals surface area (Å²) in [5.74, 6) is 0. The molecule has 0 aliphatic carbocycles. The van der Waals surface area contributed by atoms with Gasteiger partial charge in [-0.25, -0.2) is 4.68 Å². The number of likely N-dealkylation sites (N-methyl/N-ethyl adjacent to an activating group) is 1. The Kier molecular flexibility index (Phi) is 5.48. The van der Waals surface area contributed by atoms with E-state index in [1.807, 2.05) is 54.3 Å². The molecular formula is C23H26ClN7. The predicted molar refractivity (Wildman–Crippen MR) is 124 cm³/mol. The minimum absolute atomic E-state index is 0.596. The van der Waals surface area contributed by atoms with Crippen LogP contribution >= 0.6 is 11.6 Å². The lowest BCUT2D eigenvalue weighted by molar-refractivity contribution is 0.149. The molecule has 160 valence electrons. The Morgan fingerprint density at radius 2 is 1.65 bits per heavy atom. The molecule has 1 saturated heterocycles. The summed E-state index contributed by atoms with van der Waals surface area (Å²) in [5, 5.41) is 15.5. The molecule has 1 aromatic carbocycles. The quantitative estimate of drug-likeness (QED) is 0.481. The molecule has 0 radical (unpaired) electrons. The second-order valence-corrected chi connectivity index (χ2v) is 8.53. The third kappa shape index (κ3) is 3.84. The van der Waals surface area contributed by atoms with E-state index in [0.29, 0.717) is 10.7 Å². The minimum atomic E-state index is 0.596. The van der Waals surface area contributed by atoms with Gasteiger partial charge in [0.2, 0.25) is 0 Å². The average Bonchev–Trinajstić information content (AvgIpc) is 3.38. The lowest BCUT2D eigenvalue weighted by Gasteiger charge is -2.32. The van der Waals surface area contributed by atoms with E-state index in [2.05, 4.69) is 37.7 Å². The molecule has 8 heteroatoms. The first kappa shape index (κ1) is 20.2. The Bertz CT molecular complexity index is 1190. The van der Waals surface area contributed by atoms with Gasteiger partial charge in [-0.3, -0.25) is 4.90 Å². The zero-order chi connectivity index (χ0) is 21.4. The van der Waals surface area contributed by atoms with Crippen molar-refractivity contribution in [2.75, 3.05) is 39.8 Å². The molecule has 1 aliphatic heterocycles. The number of rotatable bonds is 5. The largest absolute Gasteiger partial charge is 0.349 e. The summed E-state index contributed by atoms with van der Waals surface area (Å²) in [4.78, 5) is 4.84. The molecule has 0 N–H and O–H groups in total. The van der Waals surface area contributed by atoms with Gasteiger partial charge in [-0.05, 0) is 19.2 Å². The molecule has 0 unspecified atom stereocenters. The van der Waals surface area contributed by atoms with Crippen molar-refractivity contribution in [2.45, 2.75) is 6.54 Å². The summed E-state index contributed by atoms with van der Waals surface area (Å²) in [6, 6.07) is 14.0. The van der Waals surface area contributed by atoms with Crippen LogP contribution in [0.25, 0.3) is 33.7 Å². The number of aromatic nitrogens is 5. The van der Waals surface area contributed by atoms with Gasteiger partial charge >= 0.3 is 0 Å². The van der Waals surface area contributed by atoms with Crippen LogP contribution in [0.2, 0.25) is 5.02 Å². The summed E-state index contributed by atoms with van der Waals surface area (Å²) in [5.41, 5.74) is 4.22. The zero-order valence-corrected chi connectivity index (χ0v) is 18.6. The molecule has 31 heavy (non-hydrogen) atoms. The van der Waals surface area contributed by atoms with E-state index in [-0.39, 0.29) is 0 Å². The monoisotopic (exact) mass is 435 g/mol. The SMILES string of the molecule is CN1CCN(CCn2nc(-c3cccn3C)c3c(Cl)c(-c4ccccc4)nnc32)CC1. The molecule has 4 aromatic rings. The van der Waals surface area contributed by atoms with E-state index in [9.17, 15) is 0 Å². The lowest BCUT2D eigenvalue weighted by atomic mass is 10.1. The van der Waals surface area contributed by atoms with Crippen LogP contribution in [0.5, 0.6) is 0 Å². The fraction of sp³-hybridized carbons (Fsp3) is 0.348. The highest BCUT2D eigenvalue weighted by atomic mass is 35.5. The molecule has 4 heterocycles. The van der Waals surface area contributed by atoms with Crippen molar-refractivity contribution in [1.82, 2.24) is 34.3 Å². The topological polar surface area (TPSA) is 55.0 Å². The zero-order valence-electron chi connectivity index (χ0n) is 17.9. The maximum Gasteiger partial charge on any atom is 0.182 e. The maximum atomic E-state index is 6.95. The molecule has 0 bridgehead atoms. The number of nitrogens with zero attached hydrogens (tertiary/aromatic N) is 7. The second-order valence-electron chi connectivity index (χ2n) is 8.15. The molecule has 3 aromatic heterocycles. The molecule has 7 nitrogen and oxygen atoms in total. The minimum Gasteiger partial charge on any atom is -0.349 e. The Labute approximate surface area is 186 Å². The Morgan fingerprint density at radius 3 is 2.35 bits per heavy atom. The second kappa shape index (κ2) is 8.42. The number of hydrogen-bond acceptors (Lipinski definition) is 5. The maximum absolute atomic E-state index is 6.95. The third-order valence-electron chi connectivity index (χ3n) is 6.06. The fourth-order valence-corrected chi connectivity index (χ4v) is 4.47. The van der Waals surface area contributed by atoms with Crippen molar-refractivity contribution in [3.63, 3.8) is 0 Å². The van der Waals surface area contributed by atoms with Gasteiger partial charge in [0, 0.05) is 51.5 Å². The van der Waals surface area contributed by atoms with Crippen LogP contribution in [0.15, 0.2) is 48.7 Å². The van der Waals surface area contributed by atoms with Crippen LogP contribution in [0.4, 0.5) is 0 Å². The summed E-state index contributed by atoms with van der Waals surface area (Å²) >= 11 is 6.95. The van der Waals surface area contributed by atoms with Gasteiger partial charge in [-0.1, -0.05) is 41.9 Å². The van der Waals surface area contributed by atoms with E-state index in [1.165, 1.54) is 0 Å². The molecular weight excluding hydrogens is 410 g/mol. The normalized spacial score (nSPS) is 15.7. The summed E-state index contributed by atoms with van der Waals surface area (Å²) in [7, 11) is 4.19. The van der Waals surface area contributed by atoms with E-state index in [0.717, 1.165) is 67.3 Å². The van der Waals surface area contributed by atoms with Gasteiger partial charge in [-0.2, -0.15) is 5.10 Å². The molecule has 0 saturated carbocycles. The Hall–Kier alpha value is -2.74. The highest BCUT2D eigenvalue weighted by molar-refractivity contribution is 6.38. The van der Waals surface area contributed by atoms with Crippen LogP contribution in [0.1, 0.15) is 0 Å². The van der Waals surface area contributed by atoms with Gasteiger partial charge < -0.3 is 9.47 Å². The van der Waals surface area contributed by atoms with Crippen molar-refractivity contribution >= 4 is 22.6 Å². The van der Waals surface area contributed by atoms with Crippen LogP contribution in [0.3, 0.4) is 0 Å². The highest BCUT2D eigenvalue weighted by Gasteiger charge is 2.23. The third-order valence-corrected chi connectivity index (χ3v) is 6.42. The van der Waals surface area contributed by atoms with Crippen LogP contribution < -0.4 is 0 Å². The molecule has 5 rings (SSSR count). The lowest BCUT2D eigenvalue weighted by Crippen LogP contribution is -2.45. The van der Waals surface area contributed by atoms with Crippen molar-refractivity contribution in [3.8, 4) is 22.6 Å². The predicted octanol–water partition coefficient (Wildman–Crippen LogP) is 3.40. The van der Waals surface area contributed by atoms with Crippen molar-refractivity contribution in [1.29, 1.82) is 0 Å². The van der Waals surface area contributed by atoms with Crippen LogP contribution in [-0.2, 0) is 13.6 Å². The molecule has 1 aliphatic rings. The molecule has 0 spiro atoms. The number of piperazine rings is 1. The number of benzene rings is 1. The number of aryl methyl sites for hydroxylation is 1. The van der Waals surface area contributed by atoms with E-state index < -0.39 is 0 Å². The van der Waals surface area contributed by atoms with Crippen molar-refractivity contribution < 1.29 is 0 Å². The Morgan fingerprint density at radius 1 is 0.871 bits per heavy atom. The van der Waals surface area contributed by atoms with E-state index >= 15 is 0 Å². The average molecular weight is 436 g/mol. The fourth-order valence-electron chi connectivity index (χ4n) is 4.15. The first-order valence-corrected chi connectivity index (χ1v) is 11.0. The van der Waals surface area contributed by atoms with Crippen molar-refractivity contribution in [2.24, 2.45) is 7.05 Å². The van der Waals surface area contributed by atoms with Crippen LogP contribution in [0, 0.1) is 0 Å². The summed E-state index contributed by atoms with van der Waals surface area (Å²) in [6.45, 7) is 6.02. The molecule has 1 fully saturated rings. The van der Waals surface area contributed by atoms with Gasteiger partial charge in [-0.15, -0.1) is 10.2 Å². The standard InChI is InChI=1S/C23H26ClN7/c1-28-11-13-30(14-12-28)15-16-31-23-19(22(27-31)18-9-6-10-29(18)2)20(24)21(25-26-23)17-7-4-3-5-8-17/h3-10H,11-16H2,1-2H3. The van der Waals surface area contributed by atoms with Gasteiger partial charge in [0.15, 0.2) is 5.65 Å². The summed E-state index contributed by atoms with van der Waals surface area (Å²) < 4.78 is 4.02. The van der Waals surface area contributed by atoms with E-state index in [4.69, 9.17) is 16.7 Å². The molecule has 0 amide bonds. The number of hydrogen-bond donors (Lipinski definition) is 0.